The Balaban J connectivity index is 3.45. The molecule has 0 fully saturated rings. The third-order valence-electron chi connectivity index (χ3n) is 4.60. The molecule has 0 aromatic heterocycles. The molecule has 0 radical (unpaired) electrons. The molecule has 14 heteroatoms. The summed E-state index contributed by atoms with van der Waals surface area (Å²) in [7, 11) is 0.674. The average Bonchev–Trinajstić information content (AvgIpc) is 2.66. The van der Waals surface area contributed by atoms with E-state index >= 15 is 0 Å². The Morgan fingerprint density at radius 3 is 1.84 bits per heavy atom. The fraction of sp³-hybridized carbons (Fsp3) is 0.611. The summed E-state index contributed by atoms with van der Waals surface area (Å²) in [6.07, 6.45) is -9.69. The average molecular weight is 490 g/mol. The van der Waals surface area contributed by atoms with Crippen LogP contribution in [0.4, 0.5) is 48.3 Å². The largest absolute Gasteiger partial charge is 0.462 e. The molecule has 1 unspecified atom stereocenters. The molecule has 0 amide bonds. The second kappa shape index (κ2) is 8.67. The van der Waals surface area contributed by atoms with E-state index in [9.17, 15) is 53.1 Å². The molecule has 0 bridgehead atoms. The zero-order valence-corrected chi connectivity index (χ0v) is 16.6. The number of hydrogen-bond donors (Lipinski definition) is 0. The monoisotopic (exact) mass is 490 g/mol. The molecule has 0 saturated carbocycles. The van der Waals surface area contributed by atoms with Crippen molar-refractivity contribution in [3.8, 4) is 0 Å². The van der Waals surface area contributed by atoms with Gasteiger partial charge in [-0.05, 0) is 31.5 Å². The lowest BCUT2D eigenvalue weighted by Gasteiger charge is -2.40. The number of rotatable bonds is 9. The lowest BCUT2D eigenvalue weighted by Crippen LogP contribution is -2.67. The van der Waals surface area contributed by atoms with E-state index in [1.165, 1.54) is 6.92 Å². The molecule has 0 saturated heterocycles. The van der Waals surface area contributed by atoms with E-state index in [0.29, 0.717) is 14.0 Å². The number of ether oxygens (including phenoxy) is 2. The fourth-order valence-electron chi connectivity index (χ4n) is 2.62. The van der Waals surface area contributed by atoms with Crippen LogP contribution in [-0.4, -0.2) is 49.6 Å². The highest BCUT2D eigenvalue weighted by atomic mass is 19.4. The van der Waals surface area contributed by atoms with Crippen LogP contribution in [0.25, 0.3) is 0 Å². The molecule has 0 aliphatic rings. The highest BCUT2D eigenvalue weighted by molar-refractivity contribution is 5.89. The van der Waals surface area contributed by atoms with Crippen molar-refractivity contribution in [2.24, 2.45) is 0 Å². The number of carbonyl (C=O) groups is 1. The minimum atomic E-state index is -7.51. The number of alkyl halides is 11. The van der Waals surface area contributed by atoms with Gasteiger partial charge in [-0.1, -0.05) is 12.1 Å². The summed E-state index contributed by atoms with van der Waals surface area (Å²) in [5.41, 5.74) is -3.37. The highest BCUT2D eigenvalue weighted by Gasteiger charge is 2.87. The zero-order chi connectivity index (χ0) is 25.4. The minimum absolute atomic E-state index is 0.0998. The van der Waals surface area contributed by atoms with Crippen LogP contribution in [0, 0.1) is 0 Å². The molecular weight excluding hydrogens is 473 g/mol. The molecule has 1 aromatic rings. The van der Waals surface area contributed by atoms with Crippen LogP contribution in [-0.2, 0) is 15.1 Å². The van der Waals surface area contributed by atoms with Crippen molar-refractivity contribution in [2.45, 2.75) is 55.7 Å². The van der Waals surface area contributed by atoms with Crippen molar-refractivity contribution in [3.05, 3.63) is 35.4 Å². The van der Waals surface area contributed by atoms with E-state index in [-0.39, 0.29) is 12.2 Å². The summed E-state index contributed by atoms with van der Waals surface area (Å²) in [6, 6.07) is 3.99. The van der Waals surface area contributed by atoms with Gasteiger partial charge >= 0.3 is 35.8 Å². The van der Waals surface area contributed by atoms with Crippen molar-refractivity contribution in [1.29, 1.82) is 0 Å². The molecule has 0 aliphatic carbocycles. The SMILES string of the molecule is CCOC(=O)c1cccc(C(C)(CC(F)(F)C(F)(F)C(F)(F)C(F)(F)C(F)(F)F)OC)c1. The summed E-state index contributed by atoms with van der Waals surface area (Å²) in [6.45, 7) is 2.00. The normalized spacial score (nSPS) is 15.9. The number of carbonyl (C=O) groups excluding carboxylic acids is 1. The van der Waals surface area contributed by atoms with E-state index in [1.54, 1.807) is 0 Å². The first-order valence-corrected chi connectivity index (χ1v) is 8.62. The van der Waals surface area contributed by atoms with E-state index in [0.717, 1.165) is 24.3 Å². The minimum Gasteiger partial charge on any atom is -0.462 e. The van der Waals surface area contributed by atoms with Crippen LogP contribution in [0.3, 0.4) is 0 Å². The van der Waals surface area contributed by atoms with Gasteiger partial charge in [0.15, 0.2) is 0 Å². The van der Waals surface area contributed by atoms with Gasteiger partial charge in [0.25, 0.3) is 0 Å². The Labute approximate surface area is 174 Å². The Kier molecular flexibility index (Phi) is 7.56. The topological polar surface area (TPSA) is 35.5 Å². The summed E-state index contributed by atoms with van der Waals surface area (Å²) < 4.78 is 155. The second-order valence-electron chi connectivity index (χ2n) is 6.84. The van der Waals surface area contributed by atoms with Gasteiger partial charge in [-0.15, -0.1) is 0 Å². The maximum atomic E-state index is 14.3. The van der Waals surface area contributed by atoms with E-state index < -0.39 is 53.4 Å². The van der Waals surface area contributed by atoms with Crippen LogP contribution >= 0.6 is 0 Å². The van der Waals surface area contributed by atoms with Gasteiger partial charge in [-0.2, -0.15) is 48.3 Å². The quantitative estimate of drug-likeness (QED) is 0.305. The van der Waals surface area contributed by atoms with E-state index in [4.69, 9.17) is 4.74 Å². The number of halogens is 11. The third-order valence-corrected chi connectivity index (χ3v) is 4.60. The Morgan fingerprint density at radius 1 is 0.875 bits per heavy atom. The van der Waals surface area contributed by atoms with Gasteiger partial charge in [0, 0.05) is 7.11 Å². The van der Waals surface area contributed by atoms with Crippen LogP contribution in [0.15, 0.2) is 24.3 Å². The first-order valence-electron chi connectivity index (χ1n) is 8.62. The molecule has 1 atom stereocenters. The van der Waals surface area contributed by atoms with Crippen molar-refractivity contribution in [3.63, 3.8) is 0 Å². The van der Waals surface area contributed by atoms with E-state index in [1.807, 2.05) is 0 Å². The Bertz CT molecular complexity index is 821. The molecule has 3 nitrogen and oxygen atoms in total. The van der Waals surface area contributed by atoms with Crippen LogP contribution < -0.4 is 0 Å². The molecule has 1 rings (SSSR count). The lowest BCUT2D eigenvalue weighted by atomic mass is 9.84. The molecule has 184 valence electrons. The van der Waals surface area contributed by atoms with Crippen molar-refractivity contribution in [2.75, 3.05) is 13.7 Å². The smallest absolute Gasteiger partial charge is 0.460 e. The van der Waals surface area contributed by atoms with Gasteiger partial charge in [-0.3, -0.25) is 0 Å². The fourth-order valence-corrected chi connectivity index (χ4v) is 2.62. The van der Waals surface area contributed by atoms with Crippen LogP contribution in [0.2, 0.25) is 0 Å². The summed E-state index contributed by atoms with van der Waals surface area (Å²) >= 11 is 0. The first-order chi connectivity index (χ1) is 14.2. The summed E-state index contributed by atoms with van der Waals surface area (Å²) in [4.78, 5) is 11.8. The molecular formula is C18H17F11O3. The molecule has 0 aliphatic heterocycles. The predicted octanol–water partition coefficient (Wildman–Crippen LogP) is 6.22. The van der Waals surface area contributed by atoms with Gasteiger partial charge in [-0.25, -0.2) is 4.79 Å². The third kappa shape index (κ3) is 4.64. The van der Waals surface area contributed by atoms with Crippen molar-refractivity contribution >= 4 is 5.97 Å². The first kappa shape index (κ1) is 27.9. The predicted molar refractivity (Wildman–Crippen MR) is 87.2 cm³/mol. The lowest BCUT2D eigenvalue weighted by molar-refractivity contribution is -0.424. The standard InChI is InChI=1S/C18H17F11O3/c1-4-32-12(30)10-6-5-7-11(8-10)13(2,31-3)9-14(19,20)15(21,22)16(23,24)17(25,26)18(27,28)29/h5-8H,4,9H2,1-3H3. The number of esters is 1. The van der Waals surface area contributed by atoms with Crippen LogP contribution in [0.1, 0.15) is 36.2 Å². The van der Waals surface area contributed by atoms with Gasteiger partial charge < -0.3 is 9.47 Å². The summed E-state index contributed by atoms with van der Waals surface area (Å²) in [5, 5.41) is 0. The molecule has 0 spiro atoms. The Hall–Kier alpha value is -2.12. The van der Waals surface area contributed by atoms with Crippen molar-refractivity contribution < 1.29 is 62.6 Å². The zero-order valence-electron chi connectivity index (χ0n) is 16.6. The summed E-state index contributed by atoms with van der Waals surface area (Å²) in [5.74, 6) is -29.2. The number of methoxy groups -OCH3 is 1. The van der Waals surface area contributed by atoms with E-state index in [2.05, 4.69) is 4.74 Å². The molecule has 0 N–H and O–H groups in total. The Morgan fingerprint density at radius 2 is 1.41 bits per heavy atom. The van der Waals surface area contributed by atoms with Gasteiger partial charge in [0.1, 0.15) is 0 Å². The molecule has 0 heterocycles. The van der Waals surface area contributed by atoms with Crippen molar-refractivity contribution in [1.82, 2.24) is 0 Å². The van der Waals surface area contributed by atoms with Gasteiger partial charge in [0.05, 0.1) is 24.2 Å². The molecule has 32 heavy (non-hydrogen) atoms. The number of hydrogen-bond acceptors (Lipinski definition) is 3. The molecule has 1 aromatic carbocycles. The maximum Gasteiger partial charge on any atom is 0.460 e. The second-order valence-corrected chi connectivity index (χ2v) is 6.84. The highest BCUT2D eigenvalue weighted by Crippen LogP contribution is 2.59. The maximum absolute atomic E-state index is 14.3. The number of benzene rings is 1. The van der Waals surface area contributed by atoms with Gasteiger partial charge in [0.2, 0.25) is 0 Å². The van der Waals surface area contributed by atoms with Crippen LogP contribution in [0.5, 0.6) is 0 Å².